The normalized spacial score (nSPS) is 21.7. The summed E-state index contributed by atoms with van der Waals surface area (Å²) in [6.45, 7) is 4.85. The summed E-state index contributed by atoms with van der Waals surface area (Å²) in [6.07, 6.45) is 6.33. The lowest BCUT2D eigenvalue weighted by Gasteiger charge is -2.31. The summed E-state index contributed by atoms with van der Waals surface area (Å²) < 4.78 is 2.19. The van der Waals surface area contributed by atoms with E-state index in [1.54, 1.807) is 0 Å². The number of aryl methyl sites for hydroxylation is 2. The van der Waals surface area contributed by atoms with Gasteiger partial charge in [-0.25, -0.2) is 4.98 Å². The molecule has 132 valence electrons. The maximum Gasteiger partial charge on any atom is 0.242 e. The molecule has 0 radical (unpaired) electrons. The number of carbonyl (C=O) groups is 1. The highest BCUT2D eigenvalue weighted by Gasteiger charge is 2.31. The smallest absolute Gasteiger partial charge is 0.242 e. The number of carbonyl (C=O) groups excluding carboxylic acids is 1. The molecule has 0 bridgehead atoms. The standard InChI is InChI=1S/C20H26N4O/c1-15-13-24-14-17(9-10-18(24)21-15)22-20(25)19(23-11-5-6-12-23)16-7-3-2-4-8-16/h2-4,7-8,13,17,19H,5-6,9-12,14H2,1H3,(H,22,25)/t17-,19+/m1/s1. The first-order valence-corrected chi connectivity index (χ1v) is 9.33. The molecule has 0 unspecified atom stereocenters. The highest BCUT2D eigenvalue weighted by atomic mass is 16.2. The molecule has 0 spiro atoms. The van der Waals surface area contributed by atoms with E-state index in [1.165, 1.54) is 12.8 Å². The van der Waals surface area contributed by atoms with Crippen molar-refractivity contribution in [2.24, 2.45) is 0 Å². The molecule has 1 aromatic carbocycles. The van der Waals surface area contributed by atoms with E-state index in [9.17, 15) is 4.79 Å². The summed E-state index contributed by atoms with van der Waals surface area (Å²) in [5, 5.41) is 3.32. The molecule has 0 saturated carbocycles. The molecule has 0 aliphatic carbocycles. The van der Waals surface area contributed by atoms with Gasteiger partial charge in [-0.1, -0.05) is 30.3 Å². The molecule has 1 N–H and O–H groups in total. The maximum atomic E-state index is 13.1. The molecule has 1 fully saturated rings. The third kappa shape index (κ3) is 3.47. The number of amides is 1. The highest BCUT2D eigenvalue weighted by Crippen LogP contribution is 2.26. The number of nitrogens with zero attached hydrogens (tertiary/aromatic N) is 3. The monoisotopic (exact) mass is 338 g/mol. The van der Waals surface area contributed by atoms with E-state index in [0.717, 1.165) is 49.6 Å². The van der Waals surface area contributed by atoms with Gasteiger partial charge in [0.05, 0.1) is 5.69 Å². The molecule has 1 amide bonds. The van der Waals surface area contributed by atoms with Crippen LogP contribution in [0.5, 0.6) is 0 Å². The Kier molecular flexibility index (Phi) is 4.57. The predicted molar refractivity (Wildman–Crippen MR) is 97.2 cm³/mol. The highest BCUT2D eigenvalue weighted by molar-refractivity contribution is 5.83. The Morgan fingerprint density at radius 1 is 1.24 bits per heavy atom. The first-order valence-electron chi connectivity index (χ1n) is 9.33. The molecule has 3 heterocycles. The second kappa shape index (κ2) is 7.00. The van der Waals surface area contributed by atoms with Gasteiger partial charge in [0.25, 0.3) is 0 Å². The average Bonchev–Trinajstić information content (AvgIpc) is 3.24. The minimum absolute atomic E-state index is 0.137. The molecule has 1 aromatic heterocycles. The van der Waals surface area contributed by atoms with Crippen molar-refractivity contribution in [3.05, 3.63) is 53.6 Å². The first-order chi connectivity index (χ1) is 12.2. The molecule has 5 nitrogen and oxygen atoms in total. The Balaban J connectivity index is 1.49. The third-order valence-electron chi connectivity index (χ3n) is 5.33. The number of hydrogen-bond acceptors (Lipinski definition) is 3. The van der Waals surface area contributed by atoms with Crippen molar-refractivity contribution in [3.8, 4) is 0 Å². The molecule has 5 heteroatoms. The zero-order valence-corrected chi connectivity index (χ0v) is 14.8. The number of hydrogen-bond donors (Lipinski definition) is 1. The molecule has 1 saturated heterocycles. The van der Waals surface area contributed by atoms with Gasteiger partial charge in [0, 0.05) is 25.2 Å². The Bertz CT molecular complexity index is 733. The summed E-state index contributed by atoms with van der Waals surface area (Å²) in [6, 6.07) is 10.2. The maximum absolute atomic E-state index is 13.1. The van der Waals surface area contributed by atoms with Crippen LogP contribution in [0.2, 0.25) is 0 Å². The summed E-state index contributed by atoms with van der Waals surface area (Å²) in [5.74, 6) is 1.28. The summed E-state index contributed by atoms with van der Waals surface area (Å²) >= 11 is 0. The van der Waals surface area contributed by atoms with Crippen molar-refractivity contribution in [1.82, 2.24) is 19.8 Å². The Labute approximate surface area is 149 Å². The second-order valence-electron chi connectivity index (χ2n) is 7.25. The van der Waals surface area contributed by atoms with Crippen LogP contribution in [0.1, 0.15) is 42.4 Å². The molecule has 25 heavy (non-hydrogen) atoms. The van der Waals surface area contributed by atoms with Crippen LogP contribution in [0, 0.1) is 6.92 Å². The van der Waals surface area contributed by atoms with Crippen LogP contribution in [0.25, 0.3) is 0 Å². The van der Waals surface area contributed by atoms with Gasteiger partial charge in [-0.3, -0.25) is 9.69 Å². The molecule has 2 aliphatic rings. The molecule has 2 aliphatic heterocycles. The predicted octanol–water partition coefficient (Wildman–Crippen LogP) is 2.46. The largest absolute Gasteiger partial charge is 0.350 e. The third-order valence-corrected chi connectivity index (χ3v) is 5.33. The van der Waals surface area contributed by atoms with E-state index in [1.807, 2.05) is 25.1 Å². The van der Waals surface area contributed by atoms with Crippen LogP contribution >= 0.6 is 0 Å². The lowest BCUT2D eigenvalue weighted by molar-refractivity contribution is -0.127. The number of rotatable bonds is 4. The zero-order chi connectivity index (χ0) is 17.2. The number of benzene rings is 1. The Morgan fingerprint density at radius 3 is 2.76 bits per heavy atom. The Morgan fingerprint density at radius 2 is 2.00 bits per heavy atom. The van der Waals surface area contributed by atoms with E-state index in [0.29, 0.717) is 0 Å². The van der Waals surface area contributed by atoms with Gasteiger partial charge >= 0.3 is 0 Å². The average molecular weight is 338 g/mol. The van der Waals surface area contributed by atoms with Crippen LogP contribution in [0.3, 0.4) is 0 Å². The van der Waals surface area contributed by atoms with Gasteiger partial charge in [-0.2, -0.15) is 0 Å². The summed E-state index contributed by atoms with van der Waals surface area (Å²) in [4.78, 5) is 20.0. The first kappa shape index (κ1) is 16.3. The fourth-order valence-electron chi connectivity index (χ4n) is 4.15. The van der Waals surface area contributed by atoms with Gasteiger partial charge < -0.3 is 9.88 Å². The fraction of sp³-hybridized carbons (Fsp3) is 0.500. The van der Waals surface area contributed by atoms with Gasteiger partial charge in [-0.05, 0) is 44.8 Å². The van der Waals surface area contributed by atoms with E-state index in [-0.39, 0.29) is 18.0 Å². The van der Waals surface area contributed by atoms with E-state index >= 15 is 0 Å². The minimum atomic E-state index is -0.172. The van der Waals surface area contributed by atoms with Gasteiger partial charge in [0.2, 0.25) is 5.91 Å². The zero-order valence-electron chi connectivity index (χ0n) is 14.8. The van der Waals surface area contributed by atoms with Crippen molar-refractivity contribution in [2.75, 3.05) is 13.1 Å². The quantitative estimate of drug-likeness (QED) is 0.932. The van der Waals surface area contributed by atoms with Crippen LogP contribution in [-0.4, -0.2) is 39.5 Å². The topological polar surface area (TPSA) is 50.2 Å². The summed E-state index contributed by atoms with van der Waals surface area (Å²) in [7, 11) is 0. The van der Waals surface area contributed by atoms with Crippen LogP contribution in [-0.2, 0) is 17.8 Å². The lowest BCUT2D eigenvalue weighted by atomic mass is 10.0. The lowest BCUT2D eigenvalue weighted by Crippen LogP contribution is -2.46. The number of imidazole rings is 1. The van der Waals surface area contributed by atoms with Gasteiger partial charge in [0.15, 0.2) is 0 Å². The number of likely N-dealkylation sites (tertiary alicyclic amines) is 1. The number of aromatic nitrogens is 2. The number of fused-ring (bicyclic) bond motifs is 1. The van der Waals surface area contributed by atoms with Crippen LogP contribution < -0.4 is 5.32 Å². The number of nitrogens with one attached hydrogen (secondary N) is 1. The molecule has 4 rings (SSSR count). The van der Waals surface area contributed by atoms with Crippen molar-refractivity contribution < 1.29 is 4.79 Å². The fourth-order valence-corrected chi connectivity index (χ4v) is 4.15. The van der Waals surface area contributed by atoms with Crippen LogP contribution in [0.4, 0.5) is 0 Å². The van der Waals surface area contributed by atoms with E-state index in [2.05, 4.69) is 38.1 Å². The van der Waals surface area contributed by atoms with Crippen molar-refractivity contribution in [1.29, 1.82) is 0 Å². The minimum Gasteiger partial charge on any atom is -0.350 e. The van der Waals surface area contributed by atoms with Gasteiger partial charge in [0.1, 0.15) is 11.9 Å². The molecular weight excluding hydrogens is 312 g/mol. The van der Waals surface area contributed by atoms with Crippen LogP contribution in [0.15, 0.2) is 36.5 Å². The van der Waals surface area contributed by atoms with Gasteiger partial charge in [-0.15, -0.1) is 0 Å². The van der Waals surface area contributed by atoms with E-state index in [4.69, 9.17) is 0 Å². The summed E-state index contributed by atoms with van der Waals surface area (Å²) in [5.41, 5.74) is 2.15. The SMILES string of the molecule is Cc1cn2c(n1)CC[C@@H](NC(=O)[C@H](c1ccccc1)N1CCCC1)C2. The van der Waals surface area contributed by atoms with E-state index < -0.39 is 0 Å². The molecular formula is C20H26N4O. The van der Waals surface area contributed by atoms with Crippen molar-refractivity contribution in [2.45, 2.75) is 51.2 Å². The van der Waals surface area contributed by atoms with Crippen molar-refractivity contribution in [3.63, 3.8) is 0 Å². The molecule has 2 aromatic rings. The second-order valence-corrected chi connectivity index (χ2v) is 7.25. The molecule has 2 atom stereocenters. The van der Waals surface area contributed by atoms with Crippen molar-refractivity contribution >= 4 is 5.91 Å². The Hall–Kier alpha value is -2.14.